The molecule has 0 unspecified atom stereocenters. The number of nitrogens with zero attached hydrogens (tertiary/aromatic N) is 2. The SMILES string of the molecule is CCc1cccc(CC)c1NC(=O)c1ccnc(Nc2ccc(OC)cc2)n1. The highest BCUT2D eigenvalue weighted by Gasteiger charge is 2.14. The minimum atomic E-state index is -0.254. The molecule has 0 bridgehead atoms. The number of aromatic nitrogens is 2. The van der Waals surface area contributed by atoms with Crippen LogP contribution < -0.4 is 15.4 Å². The van der Waals surface area contributed by atoms with Gasteiger partial charge in [-0.05, 0) is 54.3 Å². The molecule has 2 aromatic carbocycles. The summed E-state index contributed by atoms with van der Waals surface area (Å²) in [4.78, 5) is 21.3. The van der Waals surface area contributed by atoms with Gasteiger partial charge in [-0.2, -0.15) is 0 Å². The number of nitrogens with one attached hydrogen (secondary N) is 2. The maximum absolute atomic E-state index is 12.8. The maximum atomic E-state index is 12.8. The van der Waals surface area contributed by atoms with E-state index in [2.05, 4.69) is 34.4 Å². The number of aryl methyl sites for hydroxylation is 2. The summed E-state index contributed by atoms with van der Waals surface area (Å²) in [6, 6.07) is 15.1. The molecule has 0 aliphatic rings. The van der Waals surface area contributed by atoms with Crippen molar-refractivity contribution in [1.82, 2.24) is 9.97 Å². The van der Waals surface area contributed by atoms with Crippen LogP contribution in [0, 0.1) is 0 Å². The topological polar surface area (TPSA) is 76.1 Å². The van der Waals surface area contributed by atoms with Crippen LogP contribution in [0.2, 0.25) is 0 Å². The average molecular weight is 376 g/mol. The zero-order valence-electron chi connectivity index (χ0n) is 16.3. The Morgan fingerprint density at radius 2 is 1.68 bits per heavy atom. The fourth-order valence-corrected chi connectivity index (χ4v) is 2.93. The molecule has 0 fully saturated rings. The van der Waals surface area contributed by atoms with Gasteiger partial charge in [-0.1, -0.05) is 32.0 Å². The van der Waals surface area contributed by atoms with Gasteiger partial charge in [-0.15, -0.1) is 0 Å². The molecule has 0 aliphatic carbocycles. The van der Waals surface area contributed by atoms with E-state index >= 15 is 0 Å². The van der Waals surface area contributed by atoms with Crippen LogP contribution in [0.4, 0.5) is 17.3 Å². The smallest absolute Gasteiger partial charge is 0.274 e. The highest BCUT2D eigenvalue weighted by molar-refractivity contribution is 6.03. The van der Waals surface area contributed by atoms with Gasteiger partial charge in [0.1, 0.15) is 11.4 Å². The van der Waals surface area contributed by atoms with E-state index in [-0.39, 0.29) is 5.91 Å². The maximum Gasteiger partial charge on any atom is 0.274 e. The number of carbonyl (C=O) groups is 1. The number of para-hydroxylation sites is 1. The van der Waals surface area contributed by atoms with Crippen LogP contribution in [0.25, 0.3) is 0 Å². The standard InChI is InChI=1S/C22H24N4O2/c1-4-15-7-6-8-16(5-2)20(15)26-21(27)19-13-14-23-22(25-19)24-17-9-11-18(28-3)12-10-17/h6-14H,4-5H2,1-3H3,(H,26,27)(H,23,24,25). The van der Waals surface area contributed by atoms with Crippen molar-refractivity contribution in [2.45, 2.75) is 26.7 Å². The third-order valence-corrected chi connectivity index (χ3v) is 4.47. The van der Waals surface area contributed by atoms with E-state index < -0.39 is 0 Å². The fraction of sp³-hybridized carbons (Fsp3) is 0.227. The molecular weight excluding hydrogens is 352 g/mol. The lowest BCUT2D eigenvalue weighted by atomic mass is 10.0. The molecule has 1 heterocycles. The second kappa shape index (κ2) is 8.99. The van der Waals surface area contributed by atoms with Crippen LogP contribution in [0.1, 0.15) is 35.5 Å². The van der Waals surface area contributed by atoms with Crippen molar-refractivity contribution in [1.29, 1.82) is 0 Å². The number of hydrogen-bond acceptors (Lipinski definition) is 5. The summed E-state index contributed by atoms with van der Waals surface area (Å²) < 4.78 is 5.15. The quantitative estimate of drug-likeness (QED) is 0.630. The number of carbonyl (C=O) groups excluding carboxylic acids is 1. The van der Waals surface area contributed by atoms with Gasteiger partial charge < -0.3 is 15.4 Å². The summed E-state index contributed by atoms with van der Waals surface area (Å²) in [6.07, 6.45) is 3.26. The molecule has 28 heavy (non-hydrogen) atoms. The first kappa shape index (κ1) is 19.4. The van der Waals surface area contributed by atoms with Gasteiger partial charge in [0.25, 0.3) is 5.91 Å². The number of hydrogen-bond donors (Lipinski definition) is 2. The molecule has 1 aromatic heterocycles. The van der Waals surface area contributed by atoms with Crippen molar-refractivity contribution in [3.8, 4) is 5.75 Å². The number of ether oxygens (including phenoxy) is 1. The summed E-state index contributed by atoms with van der Waals surface area (Å²) in [7, 11) is 1.62. The monoisotopic (exact) mass is 376 g/mol. The Morgan fingerprint density at radius 1 is 1.00 bits per heavy atom. The average Bonchev–Trinajstić information content (AvgIpc) is 2.74. The number of amides is 1. The van der Waals surface area contributed by atoms with Crippen LogP contribution in [-0.2, 0) is 12.8 Å². The van der Waals surface area contributed by atoms with Crippen molar-refractivity contribution in [2.75, 3.05) is 17.7 Å². The Morgan fingerprint density at radius 3 is 2.29 bits per heavy atom. The minimum absolute atomic E-state index is 0.254. The lowest BCUT2D eigenvalue weighted by molar-refractivity contribution is 0.102. The van der Waals surface area contributed by atoms with Gasteiger partial charge in [0.2, 0.25) is 5.95 Å². The van der Waals surface area contributed by atoms with Gasteiger partial charge >= 0.3 is 0 Å². The number of methoxy groups -OCH3 is 1. The molecule has 0 spiro atoms. The molecule has 0 saturated heterocycles. The van der Waals surface area contributed by atoms with Crippen LogP contribution in [0.5, 0.6) is 5.75 Å². The second-order valence-corrected chi connectivity index (χ2v) is 6.23. The first-order chi connectivity index (χ1) is 13.6. The Labute approximate surface area is 165 Å². The van der Waals surface area contributed by atoms with E-state index in [9.17, 15) is 4.79 Å². The fourth-order valence-electron chi connectivity index (χ4n) is 2.93. The third-order valence-electron chi connectivity index (χ3n) is 4.47. The number of benzene rings is 2. The molecule has 6 heteroatoms. The zero-order valence-corrected chi connectivity index (χ0v) is 16.3. The van der Waals surface area contributed by atoms with Crippen LogP contribution in [0.15, 0.2) is 54.7 Å². The van der Waals surface area contributed by atoms with E-state index in [1.807, 2.05) is 42.5 Å². The van der Waals surface area contributed by atoms with Gasteiger partial charge in [-0.25, -0.2) is 9.97 Å². The minimum Gasteiger partial charge on any atom is -0.497 e. The summed E-state index contributed by atoms with van der Waals surface area (Å²) >= 11 is 0. The van der Waals surface area contributed by atoms with E-state index in [0.717, 1.165) is 41.1 Å². The Kier molecular flexibility index (Phi) is 6.22. The van der Waals surface area contributed by atoms with Crippen molar-refractivity contribution in [2.24, 2.45) is 0 Å². The Hall–Kier alpha value is -3.41. The lowest BCUT2D eigenvalue weighted by Gasteiger charge is -2.14. The van der Waals surface area contributed by atoms with Gasteiger partial charge in [0.05, 0.1) is 7.11 Å². The molecule has 6 nitrogen and oxygen atoms in total. The first-order valence-electron chi connectivity index (χ1n) is 9.30. The number of anilines is 3. The van der Waals surface area contributed by atoms with E-state index in [1.54, 1.807) is 19.4 Å². The molecule has 0 aliphatic heterocycles. The molecule has 1 amide bonds. The highest BCUT2D eigenvalue weighted by Crippen LogP contribution is 2.23. The Balaban J connectivity index is 1.79. The summed E-state index contributed by atoms with van der Waals surface area (Å²) in [6.45, 7) is 4.15. The van der Waals surface area contributed by atoms with Gasteiger partial charge in [0.15, 0.2) is 0 Å². The molecule has 0 radical (unpaired) electrons. The molecule has 2 N–H and O–H groups in total. The highest BCUT2D eigenvalue weighted by atomic mass is 16.5. The van der Waals surface area contributed by atoms with Crippen LogP contribution >= 0.6 is 0 Å². The van der Waals surface area contributed by atoms with Gasteiger partial charge in [0, 0.05) is 17.6 Å². The van der Waals surface area contributed by atoms with Crippen LogP contribution in [0.3, 0.4) is 0 Å². The van der Waals surface area contributed by atoms with Crippen molar-refractivity contribution in [3.63, 3.8) is 0 Å². The molecular formula is C22H24N4O2. The predicted molar refractivity (Wildman–Crippen MR) is 111 cm³/mol. The van der Waals surface area contributed by atoms with Crippen molar-refractivity contribution in [3.05, 3.63) is 71.5 Å². The molecule has 3 aromatic rings. The van der Waals surface area contributed by atoms with Crippen molar-refractivity contribution < 1.29 is 9.53 Å². The number of rotatable bonds is 7. The molecule has 144 valence electrons. The van der Waals surface area contributed by atoms with Crippen molar-refractivity contribution >= 4 is 23.2 Å². The largest absolute Gasteiger partial charge is 0.497 e. The lowest BCUT2D eigenvalue weighted by Crippen LogP contribution is -2.17. The van der Waals surface area contributed by atoms with E-state index in [4.69, 9.17) is 4.74 Å². The van der Waals surface area contributed by atoms with Gasteiger partial charge in [-0.3, -0.25) is 4.79 Å². The summed E-state index contributed by atoms with van der Waals surface area (Å²) in [5.74, 6) is 0.869. The van der Waals surface area contributed by atoms with Crippen LogP contribution in [-0.4, -0.2) is 23.0 Å². The summed E-state index contributed by atoms with van der Waals surface area (Å²) in [5.41, 5.74) is 4.21. The molecule has 3 rings (SSSR count). The molecule has 0 saturated carbocycles. The van der Waals surface area contributed by atoms with E-state index in [0.29, 0.717) is 11.6 Å². The molecule has 0 atom stereocenters. The zero-order chi connectivity index (χ0) is 19.9. The van der Waals surface area contributed by atoms with E-state index in [1.165, 1.54) is 0 Å². The Bertz CT molecular complexity index is 933. The predicted octanol–water partition coefficient (Wildman–Crippen LogP) is 4.61. The second-order valence-electron chi connectivity index (χ2n) is 6.23. The normalized spacial score (nSPS) is 10.4. The third kappa shape index (κ3) is 4.46. The summed E-state index contributed by atoms with van der Waals surface area (Å²) in [5, 5.41) is 6.13. The first-order valence-corrected chi connectivity index (χ1v) is 9.30.